The SMILES string of the molecule is c1ccc(-n2c3ccccc3c3c(N(c4ccc(-c5ccc(-n6c7ccccc7c7ccccc76)cc5)cc4)c4cccc5c4sc4ccccc45)cccc32)cc1. The summed E-state index contributed by atoms with van der Waals surface area (Å²) in [5, 5.41) is 7.57. The first-order valence-electron chi connectivity index (χ1n) is 19.8. The lowest BCUT2D eigenvalue weighted by Gasteiger charge is -2.27. The highest BCUT2D eigenvalue weighted by Gasteiger charge is 2.23. The molecule has 0 saturated heterocycles. The van der Waals surface area contributed by atoms with E-state index in [0.717, 1.165) is 22.7 Å². The third-order valence-corrected chi connectivity index (χ3v) is 12.9. The molecule has 0 aliphatic rings. The topological polar surface area (TPSA) is 13.1 Å². The van der Waals surface area contributed by atoms with Gasteiger partial charge in [-0.1, -0.05) is 133 Å². The number of anilines is 3. The average Bonchev–Trinajstić information content (AvgIpc) is 3.96. The largest absolute Gasteiger partial charge is 0.309 e. The summed E-state index contributed by atoms with van der Waals surface area (Å²) in [6, 6.07) is 77.3. The van der Waals surface area contributed by atoms with E-state index in [4.69, 9.17) is 0 Å². The molecule has 0 amide bonds. The molecule has 0 aliphatic heterocycles. The summed E-state index contributed by atoms with van der Waals surface area (Å²) in [7, 11) is 0. The van der Waals surface area contributed by atoms with E-state index in [2.05, 4.69) is 226 Å². The summed E-state index contributed by atoms with van der Waals surface area (Å²) in [6.45, 7) is 0. The first-order chi connectivity index (χ1) is 28.8. The number of benzene rings is 9. The van der Waals surface area contributed by atoms with E-state index in [9.17, 15) is 0 Å². The van der Waals surface area contributed by atoms with E-state index < -0.39 is 0 Å². The molecule has 58 heavy (non-hydrogen) atoms. The Kier molecular flexibility index (Phi) is 7.40. The van der Waals surface area contributed by atoms with Crippen LogP contribution < -0.4 is 4.90 Å². The Bertz CT molecular complexity index is 3440. The van der Waals surface area contributed by atoms with Gasteiger partial charge in [0.2, 0.25) is 0 Å². The van der Waals surface area contributed by atoms with Crippen LogP contribution in [0.25, 0.3) is 86.3 Å². The molecule has 12 rings (SSSR count). The fourth-order valence-electron chi connectivity index (χ4n) is 9.16. The molecule has 0 unspecified atom stereocenters. The highest BCUT2D eigenvalue weighted by molar-refractivity contribution is 7.26. The van der Waals surface area contributed by atoms with Crippen molar-refractivity contribution in [2.75, 3.05) is 4.90 Å². The smallest absolute Gasteiger partial charge is 0.0640 e. The van der Waals surface area contributed by atoms with Crippen LogP contribution in [-0.4, -0.2) is 9.13 Å². The minimum absolute atomic E-state index is 1.11. The van der Waals surface area contributed by atoms with E-state index in [1.165, 1.54) is 80.6 Å². The number of nitrogens with zero attached hydrogens (tertiary/aromatic N) is 3. The molecule has 0 bridgehead atoms. The maximum Gasteiger partial charge on any atom is 0.0640 e. The molecule has 272 valence electrons. The fourth-order valence-corrected chi connectivity index (χ4v) is 10.4. The van der Waals surface area contributed by atoms with Crippen LogP contribution in [0.4, 0.5) is 17.1 Å². The molecule has 9 aromatic carbocycles. The predicted octanol–water partition coefficient (Wildman–Crippen LogP) is 15.4. The number of hydrogen-bond acceptors (Lipinski definition) is 2. The van der Waals surface area contributed by atoms with Gasteiger partial charge in [-0.15, -0.1) is 11.3 Å². The summed E-state index contributed by atoms with van der Waals surface area (Å²) in [4.78, 5) is 2.48. The Morgan fingerprint density at radius 3 is 1.52 bits per heavy atom. The molecule has 0 saturated carbocycles. The van der Waals surface area contributed by atoms with Crippen molar-refractivity contribution in [3.8, 4) is 22.5 Å². The van der Waals surface area contributed by atoms with Crippen LogP contribution in [0.1, 0.15) is 0 Å². The van der Waals surface area contributed by atoms with Gasteiger partial charge in [0.05, 0.1) is 38.1 Å². The number of thiophene rings is 1. The van der Waals surface area contributed by atoms with Crippen molar-refractivity contribution in [2.24, 2.45) is 0 Å². The minimum atomic E-state index is 1.11. The molecule has 3 nitrogen and oxygen atoms in total. The zero-order chi connectivity index (χ0) is 38.2. The predicted molar refractivity (Wildman–Crippen MR) is 248 cm³/mol. The van der Waals surface area contributed by atoms with Gasteiger partial charge < -0.3 is 14.0 Å². The van der Waals surface area contributed by atoms with Gasteiger partial charge in [0.15, 0.2) is 0 Å². The monoisotopic (exact) mass is 757 g/mol. The van der Waals surface area contributed by atoms with Gasteiger partial charge in [-0.25, -0.2) is 0 Å². The molecule has 0 aliphatic carbocycles. The first kappa shape index (κ1) is 32.8. The molecule has 12 aromatic rings. The van der Waals surface area contributed by atoms with Crippen molar-refractivity contribution in [1.82, 2.24) is 9.13 Å². The number of rotatable bonds is 6. The third kappa shape index (κ3) is 4.99. The van der Waals surface area contributed by atoms with Crippen molar-refractivity contribution in [1.29, 1.82) is 0 Å². The molecule has 0 N–H and O–H groups in total. The van der Waals surface area contributed by atoms with Gasteiger partial charge in [-0.05, 0) is 90.0 Å². The maximum absolute atomic E-state index is 2.48. The maximum atomic E-state index is 2.48. The first-order valence-corrected chi connectivity index (χ1v) is 20.6. The Labute approximate surface area is 339 Å². The van der Waals surface area contributed by atoms with Gasteiger partial charge >= 0.3 is 0 Å². The summed E-state index contributed by atoms with van der Waals surface area (Å²) < 4.78 is 7.35. The standard InChI is InChI=1S/C54H35N3S/c1-2-14-38(15-3-1)56-48-23-10-6-19-45(48)53-49(56)24-13-25-50(53)57(51-26-12-20-44-43-18-7-11-27-52(43)58-54(44)51)40-34-30-37(31-35-40)36-28-32-39(33-29-36)55-46-21-8-4-16-41(46)42-17-5-9-22-47(42)55/h1-35H. The second kappa shape index (κ2) is 13.1. The molecule has 4 heteroatoms. The Morgan fingerprint density at radius 2 is 0.810 bits per heavy atom. The van der Waals surface area contributed by atoms with Gasteiger partial charge in [0, 0.05) is 54.1 Å². The van der Waals surface area contributed by atoms with Crippen LogP contribution in [0.3, 0.4) is 0 Å². The molecular formula is C54H35N3S. The van der Waals surface area contributed by atoms with Crippen molar-refractivity contribution in [3.63, 3.8) is 0 Å². The number of hydrogen-bond donors (Lipinski definition) is 0. The quantitative estimate of drug-likeness (QED) is 0.165. The number of fused-ring (bicyclic) bond motifs is 9. The van der Waals surface area contributed by atoms with E-state index in [-0.39, 0.29) is 0 Å². The minimum Gasteiger partial charge on any atom is -0.309 e. The normalized spacial score (nSPS) is 11.8. The van der Waals surface area contributed by atoms with Crippen LogP contribution in [0.5, 0.6) is 0 Å². The van der Waals surface area contributed by atoms with Gasteiger partial charge in [0.25, 0.3) is 0 Å². The van der Waals surface area contributed by atoms with Crippen molar-refractivity contribution >= 4 is 92.2 Å². The Balaban J connectivity index is 1.03. The highest BCUT2D eigenvalue weighted by atomic mass is 32.1. The lowest BCUT2D eigenvalue weighted by Crippen LogP contribution is -2.10. The average molecular weight is 758 g/mol. The third-order valence-electron chi connectivity index (χ3n) is 11.7. The van der Waals surface area contributed by atoms with Gasteiger partial charge in [-0.2, -0.15) is 0 Å². The van der Waals surface area contributed by atoms with Crippen LogP contribution in [0.2, 0.25) is 0 Å². The summed E-state index contributed by atoms with van der Waals surface area (Å²) in [6.07, 6.45) is 0. The Hall–Kier alpha value is -7.40. The van der Waals surface area contributed by atoms with Crippen molar-refractivity contribution in [3.05, 3.63) is 212 Å². The van der Waals surface area contributed by atoms with Crippen LogP contribution in [0.15, 0.2) is 212 Å². The van der Waals surface area contributed by atoms with Crippen LogP contribution in [0, 0.1) is 0 Å². The van der Waals surface area contributed by atoms with Crippen molar-refractivity contribution in [2.45, 2.75) is 0 Å². The fraction of sp³-hybridized carbons (Fsp3) is 0. The summed E-state index contributed by atoms with van der Waals surface area (Å²) in [5.41, 5.74) is 12.9. The van der Waals surface area contributed by atoms with E-state index in [1.54, 1.807) is 0 Å². The number of aromatic nitrogens is 2. The summed E-state index contributed by atoms with van der Waals surface area (Å²) in [5.74, 6) is 0. The summed E-state index contributed by atoms with van der Waals surface area (Å²) >= 11 is 1.87. The number of para-hydroxylation sites is 4. The molecule has 3 heterocycles. The van der Waals surface area contributed by atoms with E-state index in [0.29, 0.717) is 0 Å². The highest BCUT2D eigenvalue weighted by Crippen LogP contribution is 2.48. The Morgan fingerprint density at radius 1 is 0.328 bits per heavy atom. The molecular weight excluding hydrogens is 723 g/mol. The molecule has 0 spiro atoms. The lowest BCUT2D eigenvalue weighted by molar-refractivity contribution is 1.18. The second-order valence-electron chi connectivity index (χ2n) is 14.9. The van der Waals surface area contributed by atoms with Crippen LogP contribution >= 0.6 is 11.3 Å². The van der Waals surface area contributed by atoms with Gasteiger partial charge in [-0.3, -0.25) is 0 Å². The second-order valence-corrected chi connectivity index (χ2v) is 16.0. The zero-order valence-electron chi connectivity index (χ0n) is 31.5. The molecule has 0 fully saturated rings. The molecule has 0 atom stereocenters. The lowest BCUT2D eigenvalue weighted by atomic mass is 10.0. The van der Waals surface area contributed by atoms with E-state index >= 15 is 0 Å². The molecule has 0 radical (unpaired) electrons. The van der Waals surface area contributed by atoms with Crippen LogP contribution in [-0.2, 0) is 0 Å². The zero-order valence-corrected chi connectivity index (χ0v) is 32.3. The van der Waals surface area contributed by atoms with Gasteiger partial charge in [0.1, 0.15) is 0 Å². The molecule has 3 aromatic heterocycles. The van der Waals surface area contributed by atoms with E-state index in [1.807, 2.05) is 11.3 Å². The van der Waals surface area contributed by atoms with Crippen molar-refractivity contribution < 1.29 is 0 Å².